The van der Waals surface area contributed by atoms with Gasteiger partial charge in [-0.25, -0.2) is 0 Å². The predicted octanol–water partition coefficient (Wildman–Crippen LogP) is 5.13. The Morgan fingerprint density at radius 1 is 0.778 bits per heavy atom. The minimum atomic E-state index is 0.762. The highest BCUT2D eigenvalue weighted by Crippen LogP contribution is 2.33. The number of fused-ring (bicyclic) bond motifs is 5. The van der Waals surface area contributed by atoms with Crippen LogP contribution in [-0.4, -0.2) is 4.98 Å². The molecule has 4 rings (SSSR count). The van der Waals surface area contributed by atoms with Crippen molar-refractivity contribution in [3.8, 4) is 0 Å². The maximum Gasteiger partial charge on any atom is 0.0480 e. The van der Waals surface area contributed by atoms with E-state index < -0.39 is 0 Å². The van der Waals surface area contributed by atoms with Gasteiger partial charge in [-0.1, -0.05) is 48.0 Å². The Hall–Kier alpha value is -1.99. The quantitative estimate of drug-likeness (QED) is 0.446. The summed E-state index contributed by atoms with van der Waals surface area (Å²) in [5, 5.41) is 5.81. The van der Waals surface area contributed by atoms with E-state index >= 15 is 0 Å². The Balaban J connectivity index is 2.33. The summed E-state index contributed by atoms with van der Waals surface area (Å²) in [5.41, 5.74) is 2.25. The molecule has 0 radical (unpaired) electrons. The molecule has 0 spiro atoms. The van der Waals surface area contributed by atoms with E-state index in [-0.39, 0.29) is 0 Å². The highest BCUT2D eigenvalue weighted by molar-refractivity contribution is 6.32. The molecule has 0 saturated carbocycles. The van der Waals surface area contributed by atoms with Crippen molar-refractivity contribution in [1.82, 2.24) is 4.98 Å². The number of nitrogens with one attached hydrogen (secondary N) is 1. The number of aromatic nitrogens is 1. The molecule has 1 nitrogen and oxygen atoms in total. The summed E-state index contributed by atoms with van der Waals surface area (Å²) in [7, 11) is 0. The van der Waals surface area contributed by atoms with Crippen LogP contribution in [0.5, 0.6) is 0 Å². The first-order chi connectivity index (χ1) is 8.83. The number of aromatic amines is 1. The molecule has 1 N–H and O–H groups in total. The molecule has 4 aromatic rings. The van der Waals surface area contributed by atoms with Crippen LogP contribution >= 0.6 is 11.6 Å². The number of hydrogen-bond acceptors (Lipinski definition) is 0. The molecule has 0 atom stereocenters. The molecule has 0 amide bonds. The van der Waals surface area contributed by atoms with E-state index in [0.29, 0.717) is 0 Å². The lowest BCUT2D eigenvalue weighted by atomic mass is 10.0. The largest absolute Gasteiger partial charge is 0.354 e. The summed E-state index contributed by atoms with van der Waals surface area (Å²) in [6, 6.07) is 18.7. The average Bonchev–Trinajstić information content (AvgIpc) is 2.76. The maximum absolute atomic E-state index is 6.04. The predicted molar refractivity (Wildman–Crippen MR) is 78.3 cm³/mol. The van der Waals surface area contributed by atoms with E-state index in [1.807, 2.05) is 12.1 Å². The molecule has 0 aliphatic heterocycles. The van der Waals surface area contributed by atoms with Gasteiger partial charge in [0, 0.05) is 26.8 Å². The SMILES string of the molecule is Clc1ccc2c(c1)[nH]c1ccc3ccccc3c12. The Morgan fingerprint density at radius 3 is 2.61 bits per heavy atom. The topological polar surface area (TPSA) is 15.8 Å². The van der Waals surface area contributed by atoms with Crippen LogP contribution in [0.1, 0.15) is 0 Å². The fourth-order valence-corrected chi connectivity index (χ4v) is 2.82. The van der Waals surface area contributed by atoms with Crippen molar-refractivity contribution in [3.05, 3.63) is 59.6 Å². The highest BCUT2D eigenvalue weighted by Gasteiger charge is 2.07. The first-order valence-corrected chi connectivity index (χ1v) is 6.29. The van der Waals surface area contributed by atoms with Crippen LogP contribution in [0.15, 0.2) is 54.6 Å². The van der Waals surface area contributed by atoms with Gasteiger partial charge in [0.15, 0.2) is 0 Å². The van der Waals surface area contributed by atoms with Crippen molar-refractivity contribution in [1.29, 1.82) is 0 Å². The van der Waals surface area contributed by atoms with E-state index in [0.717, 1.165) is 16.1 Å². The van der Waals surface area contributed by atoms with E-state index in [9.17, 15) is 0 Å². The summed E-state index contributed by atoms with van der Waals surface area (Å²) in [6.45, 7) is 0. The Morgan fingerprint density at radius 2 is 1.67 bits per heavy atom. The minimum Gasteiger partial charge on any atom is -0.354 e. The zero-order chi connectivity index (χ0) is 12.1. The number of halogens is 1. The molecule has 86 valence electrons. The second kappa shape index (κ2) is 3.50. The van der Waals surface area contributed by atoms with Crippen LogP contribution in [0.4, 0.5) is 0 Å². The molecule has 1 aromatic heterocycles. The van der Waals surface area contributed by atoms with Crippen LogP contribution < -0.4 is 0 Å². The maximum atomic E-state index is 6.04. The van der Waals surface area contributed by atoms with Gasteiger partial charge in [0.25, 0.3) is 0 Å². The lowest BCUT2D eigenvalue weighted by Crippen LogP contribution is -1.73. The number of rotatable bonds is 0. The molecule has 0 unspecified atom stereocenters. The van der Waals surface area contributed by atoms with Gasteiger partial charge in [-0.15, -0.1) is 0 Å². The molecular weight excluding hydrogens is 242 g/mol. The van der Waals surface area contributed by atoms with Crippen LogP contribution in [0, 0.1) is 0 Å². The number of H-pyrrole nitrogens is 1. The highest BCUT2D eigenvalue weighted by atomic mass is 35.5. The molecule has 0 saturated heterocycles. The van der Waals surface area contributed by atoms with Crippen molar-refractivity contribution in [2.45, 2.75) is 0 Å². The zero-order valence-electron chi connectivity index (χ0n) is 9.57. The third-order valence-corrected chi connectivity index (χ3v) is 3.68. The van der Waals surface area contributed by atoms with Crippen LogP contribution in [0.3, 0.4) is 0 Å². The van der Waals surface area contributed by atoms with Gasteiger partial charge < -0.3 is 4.98 Å². The number of hydrogen-bond donors (Lipinski definition) is 1. The third kappa shape index (κ3) is 1.28. The van der Waals surface area contributed by atoms with E-state index in [2.05, 4.69) is 47.4 Å². The third-order valence-electron chi connectivity index (χ3n) is 3.45. The molecule has 3 aromatic carbocycles. The second-order valence-electron chi connectivity index (χ2n) is 4.52. The first-order valence-electron chi connectivity index (χ1n) is 5.92. The van der Waals surface area contributed by atoms with E-state index in [1.54, 1.807) is 0 Å². The summed E-state index contributed by atoms with van der Waals surface area (Å²) >= 11 is 6.04. The fraction of sp³-hybridized carbons (Fsp3) is 0. The van der Waals surface area contributed by atoms with Crippen molar-refractivity contribution in [2.75, 3.05) is 0 Å². The lowest BCUT2D eigenvalue weighted by molar-refractivity contribution is 1.55. The van der Waals surface area contributed by atoms with Crippen LogP contribution in [0.2, 0.25) is 5.02 Å². The molecule has 0 bridgehead atoms. The van der Waals surface area contributed by atoms with Crippen molar-refractivity contribution >= 4 is 44.2 Å². The zero-order valence-corrected chi connectivity index (χ0v) is 10.3. The van der Waals surface area contributed by atoms with Gasteiger partial charge >= 0.3 is 0 Å². The molecule has 2 heteroatoms. The van der Waals surface area contributed by atoms with Gasteiger partial charge in [-0.2, -0.15) is 0 Å². The fourth-order valence-electron chi connectivity index (χ4n) is 2.65. The van der Waals surface area contributed by atoms with Crippen molar-refractivity contribution < 1.29 is 0 Å². The standard InChI is InChI=1S/C16H10ClN/c17-11-6-7-13-15(9-11)18-14-8-5-10-3-1-2-4-12(10)16(13)14/h1-9,18H. The van der Waals surface area contributed by atoms with Gasteiger partial charge in [0.2, 0.25) is 0 Å². The van der Waals surface area contributed by atoms with Crippen molar-refractivity contribution in [2.24, 2.45) is 0 Å². The molecular formula is C16H10ClN. The minimum absolute atomic E-state index is 0.762. The Bertz CT molecular complexity index is 889. The monoisotopic (exact) mass is 251 g/mol. The molecule has 0 aliphatic carbocycles. The smallest absolute Gasteiger partial charge is 0.0480 e. The molecule has 1 heterocycles. The molecule has 0 aliphatic rings. The average molecular weight is 252 g/mol. The number of benzene rings is 3. The Labute approximate surface area is 109 Å². The normalized spacial score (nSPS) is 11.6. The molecule has 0 fully saturated rings. The lowest BCUT2D eigenvalue weighted by Gasteiger charge is -1.99. The first kappa shape index (κ1) is 9.98. The van der Waals surface area contributed by atoms with Gasteiger partial charge in [0.05, 0.1) is 0 Å². The van der Waals surface area contributed by atoms with Gasteiger partial charge in [-0.05, 0) is 29.0 Å². The van der Waals surface area contributed by atoms with Crippen LogP contribution in [-0.2, 0) is 0 Å². The van der Waals surface area contributed by atoms with Crippen LogP contribution in [0.25, 0.3) is 32.6 Å². The summed E-state index contributed by atoms with van der Waals surface area (Å²) in [5.74, 6) is 0. The summed E-state index contributed by atoms with van der Waals surface area (Å²) in [4.78, 5) is 3.43. The van der Waals surface area contributed by atoms with Gasteiger partial charge in [-0.3, -0.25) is 0 Å². The van der Waals surface area contributed by atoms with Crippen molar-refractivity contribution in [3.63, 3.8) is 0 Å². The summed E-state index contributed by atoms with van der Waals surface area (Å²) in [6.07, 6.45) is 0. The summed E-state index contributed by atoms with van der Waals surface area (Å²) < 4.78 is 0. The second-order valence-corrected chi connectivity index (χ2v) is 4.96. The van der Waals surface area contributed by atoms with E-state index in [1.165, 1.54) is 21.5 Å². The van der Waals surface area contributed by atoms with Gasteiger partial charge in [0.1, 0.15) is 0 Å². The Kier molecular flexibility index (Phi) is 1.94. The molecule has 18 heavy (non-hydrogen) atoms. The van der Waals surface area contributed by atoms with E-state index in [4.69, 9.17) is 11.6 Å².